The van der Waals surface area contributed by atoms with Crippen molar-refractivity contribution in [3.05, 3.63) is 34.9 Å². The molecule has 0 amide bonds. The van der Waals surface area contributed by atoms with E-state index in [1.165, 1.54) is 24.8 Å². The zero-order valence-corrected chi connectivity index (χ0v) is 11.2. The van der Waals surface area contributed by atoms with Gasteiger partial charge in [-0.05, 0) is 43.2 Å². The molecule has 3 heteroatoms. The molecule has 1 aromatic carbocycles. The van der Waals surface area contributed by atoms with Gasteiger partial charge in [0.2, 0.25) is 0 Å². The van der Waals surface area contributed by atoms with E-state index in [0.717, 1.165) is 16.8 Å². The van der Waals surface area contributed by atoms with E-state index >= 15 is 0 Å². The fourth-order valence-corrected chi connectivity index (χ4v) is 3.13. The van der Waals surface area contributed by atoms with Crippen LogP contribution >= 0.6 is 23.4 Å². The number of benzene rings is 1. The van der Waals surface area contributed by atoms with Gasteiger partial charge in [-0.1, -0.05) is 23.7 Å². The quantitative estimate of drug-likeness (QED) is 0.880. The number of hydrogen-bond donors (Lipinski definition) is 1. The summed E-state index contributed by atoms with van der Waals surface area (Å²) in [5.41, 5.74) is 1.32. The molecule has 1 aliphatic rings. The van der Waals surface area contributed by atoms with E-state index in [1.807, 2.05) is 23.9 Å². The van der Waals surface area contributed by atoms with Crippen molar-refractivity contribution in [1.82, 2.24) is 5.32 Å². The summed E-state index contributed by atoms with van der Waals surface area (Å²) in [7, 11) is 0. The van der Waals surface area contributed by atoms with E-state index in [-0.39, 0.29) is 0 Å². The van der Waals surface area contributed by atoms with E-state index < -0.39 is 0 Å². The molecular weight excluding hydrogens is 238 g/mol. The van der Waals surface area contributed by atoms with Crippen LogP contribution in [0, 0.1) is 0 Å². The maximum Gasteiger partial charge on any atom is 0.0406 e. The van der Waals surface area contributed by atoms with Crippen LogP contribution in [0.5, 0.6) is 0 Å². The molecule has 0 aliphatic heterocycles. The topological polar surface area (TPSA) is 12.0 Å². The molecule has 1 aliphatic carbocycles. The Bertz CT molecular complexity index is 325. The van der Waals surface area contributed by atoms with Crippen molar-refractivity contribution in [2.45, 2.75) is 37.1 Å². The van der Waals surface area contributed by atoms with E-state index in [0.29, 0.717) is 6.04 Å². The molecule has 88 valence electrons. The molecule has 0 radical (unpaired) electrons. The molecule has 0 aromatic heterocycles. The molecule has 1 aromatic rings. The predicted molar refractivity (Wildman–Crippen MR) is 73.2 cm³/mol. The first-order chi connectivity index (χ1) is 7.78. The van der Waals surface area contributed by atoms with Crippen LogP contribution in [-0.4, -0.2) is 17.5 Å². The van der Waals surface area contributed by atoms with Gasteiger partial charge in [-0.25, -0.2) is 0 Å². The molecule has 0 heterocycles. The van der Waals surface area contributed by atoms with Crippen LogP contribution in [0.3, 0.4) is 0 Å². The Kier molecular flexibility index (Phi) is 4.56. The van der Waals surface area contributed by atoms with Gasteiger partial charge in [-0.3, -0.25) is 0 Å². The van der Waals surface area contributed by atoms with Crippen LogP contribution in [-0.2, 0) is 6.54 Å². The second-order valence-corrected chi connectivity index (χ2v) is 5.95. The highest BCUT2D eigenvalue weighted by atomic mass is 35.5. The van der Waals surface area contributed by atoms with E-state index in [4.69, 9.17) is 11.6 Å². The van der Waals surface area contributed by atoms with Crippen LogP contribution in [0.25, 0.3) is 0 Å². The lowest BCUT2D eigenvalue weighted by Crippen LogP contribution is -2.26. The lowest BCUT2D eigenvalue weighted by molar-refractivity contribution is 0.525. The van der Waals surface area contributed by atoms with Gasteiger partial charge in [0.15, 0.2) is 0 Å². The minimum atomic E-state index is 0.702. The minimum Gasteiger partial charge on any atom is -0.310 e. The lowest BCUT2D eigenvalue weighted by Gasteiger charge is -2.12. The van der Waals surface area contributed by atoms with Crippen molar-refractivity contribution in [3.63, 3.8) is 0 Å². The van der Waals surface area contributed by atoms with Crippen LogP contribution in [0.15, 0.2) is 24.3 Å². The first-order valence-electron chi connectivity index (χ1n) is 5.78. The Hall–Kier alpha value is -0.180. The monoisotopic (exact) mass is 255 g/mol. The van der Waals surface area contributed by atoms with Gasteiger partial charge in [0.05, 0.1) is 0 Å². The molecule has 2 atom stereocenters. The largest absolute Gasteiger partial charge is 0.310 e. The van der Waals surface area contributed by atoms with Crippen molar-refractivity contribution in [2.75, 3.05) is 6.26 Å². The molecule has 16 heavy (non-hydrogen) atoms. The summed E-state index contributed by atoms with van der Waals surface area (Å²) in [5.74, 6) is 0. The van der Waals surface area contributed by atoms with Gasteiger partial charge in [0, 0.05) is 22.9 Å². The lowest BCUT2D eigenvalue weighted by atomic mass is 10.2. The fourth-order valence-electron chi connectivity index (χ4n) is 2.20. The highest BCUT2D eigenvalue weighted by Gasteiger charge is 2.22. The highest BCUT2D eigenvalue weighted by molar-refractivity contribution is 7.99. The SMILES string of the molecule is CSC1CCC(NCc2ccc(Cl)cc2)C1. The Morgan fingerprint density at radius 2 is 2.06 bits per heavy atom. The Morgan fingerprint density at radius 3 is 2.69 bits per heavy atom. The van der Waals surface area contributed by atoms with Crippen LogP contribution in [0.1, 0.15) is 24.8 Å². The maximum absolute atomic E-state index is 5.85. The summed E-state index contributed by atoms with van der Waals surface area (Å²) in [5, 5.41) is 5.30. The second kappa shape index (κ2) is 5.95. The van der Waals surface area contributed by atoms with Crippen molar-refractivity contribution in [1.29, 1.82) is 0 Å². The van der Waals surface area contributed by atoms with Crippen LogP contribution < -0.4 is 5.32 Å². The molecule has 1 nitrogen and oxygen atoms in total. The smallest absolute Gasteiger partial charge is 0.0406 e. The summed E-state index contributed by atoms with van der Waals surface area (Å²) in [6, 6.07) is 8.80. The van der Waals surface area contributed by atoms with Crippen molar-refractivity contribution in [2.24, 2.45) is 0 Å². The van der Waals surface area contributed by atoms with E-state index in [1.54, 1.807) is 0 Å². The zero-order valence-electron chi connectivity index (χ0n) is 9.58. The van der Waals surface area contributed by atoms with Crippen molar-refractivity contribution >= 4 is 23.4 Å². The Balaban J connectivity index is 1.77. The average Bonchev–Trinajstić information content (AvgIpc) is 2.76. The minimum absolute atomic E-state index is 0.702. The molecule has 0 spiro atoms. The fraction of sp³-hybridized carbons (Fsp3) is 0.538. The number of nitrogens with one attached hydrogen (secondary N) is 1. The summed E-state index contributed by atoms with van der Waals surface area (Å²) >= 11 is 7.86. The standard InChI is InChI=1S/C13H18ClNS/c1-16-13-7-6-12(8-13)15-9-10-2-4-11(14)5-3-10/h2-5,12-13,15H,6-9H2,1H3. The number of thioether (sulfide) groups is 1. The molecule has 1 saturated carbocycles. The molecule has 1 N–H and O–H groups in total. The van der Waals surface area contributed by atoms with E-state index in [9.17, 15) is 0 Å². The number of halogens is 1. The van der Waals surface area contributed by atoms with Gasteiger partial charge in [-0.2, -0.15) is 11.8 Å². The second-order valence-electron chi connectivity index (χ2n) is 4.38. The molecule has 0 saturated heterocycles. The summed E-state index contributed by atoms with van der Waals surface area (Å²) in [4.78, 5) is 0. The third-order valence-electron chi connectivity index (χ3n) is 3.23. The van der Waals surface area contributed by atoms with Gasteiger partial charge < -0.3 is 5.32 Å². The molecule has 0 bridgehead atoms. The first-order valence-corrected chi connectivity index (χ1v) is 7.45. The summed E-state index contributed by atoms with van der Waals surface area (Å²) in [6.45, 7) is 0.961. The van der Waals surface area contributed by atoms with Gasteiger partial charge >= 0.3 is 0 Å². The van der Waals surface area contributed by atoms with Crippen molar-refractivity contribution < 1.29 is 0 Å². The van der Waals surface area contributed by atoms with Gasteiger partial charge in [-0.15, -0.1) is 0 Å². The van der Waals surface area contributed by atoms with Crippen LogP contribution in [0.2, 0.25) is 5.02 Å². The molecule has 2 unspecified atom stereocenters. The van der Waals surface area contributed by atoms with Gasteiger partial charge in [0.1, 0.15) is 0 Å². The molecular formula is C13H18ClNS. The molecule has 1 fully saturated rings. The maximum atomic E-state index is 5.85. The molecule has 2 rings (SSSR count). The number of rotatable bonds is 4. The normalized spacial score (nSPS) is 24.9. The predicted octanol–water partition coefficient (Wildman–Crippen LogP) is 3.71. The Labute approximate surface area is 107 Å². The third-order valence-corrected chi connectivity index (χ3v) is 4.57. The highest BCUT2D eigenvalue weighted by Crippen LogP contribution is 2.28. The number of hydrogen-bond acceptors (Lipinski definition) is 2. The van der Waals surface area contributed by atoms with Crippen molar-refractivity contribution in [3.8, 4) is 0 Å². The van der Waals surface area contributed by atoms with E-state index in [2.05, 4.69) is 23.7 Å². The van der Waals surface area contributed by atoms with Gasteiger partial charge in [0.25, 0.3) is 0 Å². The summed E-state index contributed by atoms with van der Waals surface area (Å²) < 4.78 is 0. The zero-order chi connectivity index (χ0) is 11.4. The Morgan fingerprint density at radius 1 is 1.31 bits per heavy atom. The average molecular weight is 256 g/mol. The third kappa shape index (κ3) is 3.41. The summed E-state index contributed by atoms with van der Waals surface area (Å²) in [6.07, 6.45) is 6.21. The van der Waals surface area contributed by atoms with Crippen LogP contribution in [0.4, 0.5) is 0 Å². The first kappa shape index (κ1) is 12.3.